The third-order valence-electron chi connectivity index (χ3n) is 1.48. The molecule has 10 heavy (non-hydrogen) atoms. The Kier molecular flexibility index (Phi) is 5.22. The third-order valence-corrected chi connectivity index (χ3v) is 1.98. The van der Waals surface area contributed by atoms with Crippen molar-refractivity contribution < 1.29 is 4.74 Å². The Bertz CT molecular complexity index is 120. The number of allylic oxidation sites excluding steroid dienone is 1. The summed E-state index contributed by atoms with van der Waals surface area (Å²) in [4.78, 5) is 0. The third kappa shape index (κ3) is 2.97. The van der Waals surface area contributed by atoms with E-state index in [-0.39, 0.29) is 0 Å². The predicted molar refractivity (Wildman–Crippen MR) is 48.2 cm³/mol. The molecule has 0 aliphatic carbocycles. The molecule has 0 aromatic heterocycles. The minimum Gasteiger partial charge on any atom is -0.490 e. The maximum Gasteiger partial charge on any atom is 0.162 e. The summed E-state index contributed by atoms with van der Waals surface area (Å²) >= 11 is 4.97. The highest BCUT2D eigenvalue weighted by Gasteiger charge is 2.09. The van der Waals surface area contributed by atoms with Crippen molar-refractivity contribution in [3.8, 4) is 0 Å². The van der Waals surface area contributed by atoms with Crippen molar-refractivity contribution in [1.82, 2.24) is 0 Å². The molecule has 1 atom stereocenters. The van der Waals surface area contributed by atoms with Gasteiger partial charge in [0.15, 0.2) is 5.05 Å². The zero-order chi connectivity index (χ0) is 7.98. The average molecular weight is 158 g/mol. The Labute approximate surface area is 68.1 Å². The lowest BCUT2D eigenvalue weighted by Gasteiger charge is -2.11. The molecule has 58 valence electrons. The minimum atomic E-state index is 0.373. The topological polar surface area (TPSA) is 9.23 Å². The van der Waals surface area contributed by atoms with Crippen molar-refractivity contribution in [3.05, 3.63) is 12.7 Å². The summed E-state index contributed by atoms with van der Waals surface area (Å²) < 4.78 is 4.94. The van der Waals surface area contributed by atoms with Gasteiger partial charge in [-0.2, -0.15) is 0 Å². The van der Waals surface area contributed by atoms with Gasteiger partial charge in [-0.1, -0.05) is 13.0 Å². The van der Waals surface area contributed by atoms with E-state index in [4.69, 9.17) is 17.0 Å². The molecule has 0 heterocycles. The fourth-order valence-corrected chi connectivity index (χ4v) is 1.06. The second-order valence-electron chi connectivity index (χ2n) is 2.15. The van der Waals surface area contributed by atoms with Crippen LogP contribution in [0.25, 0.3) is 0 Å². The Morgan fingerprint density at radius 1 is 1.80 bits per heavy atom. The lowest BCUT2D eigenvalue weighted by molar-refractivity contribution is 0.375. The largest absolute Gasteiger partial charge is 0.490 e. The van der Waals surface area contributed by atoms with Gasteiger partial charge < -0.3 is 4.74 Å². The van der Waals surface area contributed by atoms with Crippen LogP contribution >= 0.6 is 12.2 Å². The second-order valence-corrected chi connectivity index (χ2v) is 2.56. The molecule has 1 unspecified atom stereocenters. The Morgan fingerprint density at radius 3 is 2.70 bits per heavy atom. The smallest absolute Gasteiger partial charge is 0.162 e. The second kappa shape index (κ2) is 5.42. The van der Waals surface area contributed by atoms with E-state index < -0.39 is 0 Å². The van der Waals surface area contributed by atoms with Crippen LogP contribution < -0.4 is 0 Å². The van der Waals surface area contributed by atoms with Crippen LogP contribution in [-0.4, -0.2) is 12.2 Å². The van der Waals surface area contributed by atoms with E-state index in [1.807, 2.05) is 6.08 Å². The van der Waals surface area contributed by atoms with Crippen molar-refractivity contribution >= 4 is 17.3 Å². The van der Waals surface area contributed by atoms with Crippen LogP contribution in [0.1, 0.15) is 19.8 Å². The summed E-state index contributed by atoms with van der Waals surface area (Å²) in [6, 6.07) is 0. The van der Waals surface area contributed by atoms with Gasteiger partial charge in [-0.15, -0.1) is 6.58 Å². The van der Waals surface area contributed by atoms with Gasteiger partial charge in [0.1, 0.15) is 0 Å². The van der Waals surface area contributed by atoms with Crippen molar-refractivity contribution in [2.24, 2.45) is 5.92 Å². The molecule has 0 amide bonds. The molecule has 0 rings (SSSR count). The number of thiocarbonyl (C=S) groups is 1. The van der Waals surface area contributed by atoms with E-state index in [1.54, 1.807) is 7.11 Å². The average Bonchev–Trinajstić information content (AvgIpc) is 1.99. The minimum absolute atomic E-state index is 0.373. The zero-order valence-corrected chi connectivity index (χ0v) is 7.41. The highest BCUT2D eigenvalue weighted by atomic mass is 32.1. The number of ether oxygens (including phenoxy) is 1. The van der Waals surface area contributed by atoms with Gasteiger partial charge in [-0.3, -0.25) is 0 Å². The van der Waals surface area contributed by atoms with Crippen LogP contribution in [0.4, 0.5) is 0 Å². The van der Waals surface area contributed by atoms with E-state index in [1.165, 1.54) is 0 Å². The fraction of sp³-hybridized carbons (Fsp3) is 0.625. The highest BCUT2D eigenvalue weighted by molar-refractivity contribution is 7.80. The number of rotatable bonds is 4. The summed E-state index contributed by atoms with van der Waals surface area (Å²) in [5.74, 6) is 0.373. The molecule has 2 heteroatoms. The van der Waals surface area contributed by atoms with Crippen LogP contribution in [-0.2, 0) is 4.74 Å². The molecule has 1 nitrogen and oxygen atoms in total. The molecule has 0 aliphatic rings. The molecule has 0 saturated carbocycles. The molecule has 0 aliphatic heterocycles. The van der Waals surface area contributed by atoms with Crippen LogP contribution in [0.2, 0.25) is 0 Å². The van der Waals surface area contributed by atoms with Gasteiger partial charge in [0, 0.05) is 5.92 Å². The van der Waals surface area contributed by atoms with Gasteiger partial charge in [0.25, 0.3) is 0 Å². The summed E-state index contributed by atoms with van der Waals surface area (Å²) in [5, 5.41) is 0.697. The van der Waals surface area contributed by atoms with Crippen molar-refractivity contribution in [3.63, 3.8) is 0 Å². The van der Waals surface area contributed by atoms with E-state index in [0.717, 1.165) is 12.8 Å². The van der Waals surface area contributed by atoms with E-state index >= 15 is 0 Å². The standard InChI is InChI=1S/C8H14OS/c1-4-6-7(5-2)8(10)9-3/h4,7H,1,5-6H2,2-3H3. The van der Waals surface area contributed by atoms with Crippen molar-refractivity contribution in [2.45, 2.75) is 19.8 Å². The Balaban J connectivity index is 3.79. The normalized spacial score (nSPS) is 12.2. The first kappa shape index (κ1) is 9.63. The first-order chi connectivity index (χ1) is 4.76. The maximum atomic E-state index is 4.97. The molecule has 0 aromatic rings. The van der Waals surface area contributed by atoms with Gasteiger partial charge in [-0.05, 0) is 25.1 Å². The first-order valence-electron chi connectivity index (χ1n) is 3.45. The molecule has 0 radical (unpaired) electrons. The van der Waals surface area contributed by atoms with Crippen LogP contribution in [0.3, 0.4) is 0 Å². The van der Waals surface area contributed by atoms with Gasteiger partial charge in [0.2, 0.25) is 0 Å². The van der Waals surface area contributed by atoms with E-state index in [0.29, 0.717) is 11.0 Å². The zero-order valence-electron chi connectivity index (χ0n) is 6.59. The van der Waals surface area contributed by atoms with E-state index in [2.05, 4.69) is 13.5 Å². The molecule has 0 saturated heterocycles. The summed E-state index contributed by atoms with van der Waals surface area (Å²) in [6.07, 6.45) is 3.82. The lowest BCUT2D eigenvalue weighted by atomic mass is 10.0. The predicted octanol–water partition coefficient (Wildman–Crippen LogP) is 2.56. The summed E-state index contributed by atoms with van der Waals surface area (Å²) in [5.41, 5.74) is 0. The Morgan fingerprint density at radius 2 is 2.40 bits per heavy atom. The number of hydrogen-bond donors (Lipinski definition) is 0. The van der Waals surface area contributed by atoms with Gasteiger partial charge >= 0.3 is 0 Å². The molecular weight excluding hydrogens is 144 g/mol. The Hall–Kier alpha value is -0.370. The summed E-state index contributed by atoms with van der Waals surface area (Å²) in [7, 11) is 1.62. The number of hydrogen-bond acceptors (Lipinski definition) is 2. The van der Waals surface area contributed by atoms with Crippen molar-refractivity contribution in [2.75, 3.05) is 7.11 Å². The SMILES string of the molecule is C=CCC(CC)C(=S)OC. The first-order valence-corrected chi connectivity index (χ1v) is 3.85. The molecule has 0 N–H and O–H groups in total. The molecular formula is C8H14OS. The summed E-state index contributed by atoms with van der Waals surface area (Å²) in [6.45, 7) is 5.75. The molecule has 0 spiro atoms. The fourth-order valence-electron chi connectivity index (χ4n) is 0.797. The van der Waals surface area contributed by atoms with Gasteiger partial charge in [-0.25, -0.2) is 0 Å². The van der Waals surface area contributed by atoms with Crippen LogP contribution in [0.15, 0.2) is 12.7 Å². The lowest BCUT2D eigenvalue weighted by Crippen LogP contribution is -2.11. The quantitative estimate of drug-likeness (QED) is 0.459. The molecule has 0 aromatic carbocycles. The van der Waals surface area contributed by atoms with E-state index in [9.17, 15) is 0 Å². The molecule has 0 fully saturated rings. The number of methoxy groups -OCH3 is 1. The maximum absolute atomic E-state index is 4.97. The van der Waals surface area contributed by atoms with Gasteiger partial charge in [0.05, 0.1) is 7.11 Å². The highest BCUT2D eigenvalue weighted by Crippen LogP contribution is 2.11. The monoisotopic (exact) mass is 158 g/mol. The van der Waals surface area contributed by atoms with Crippen LogP contribution in [0, 0.1) is 5.92 Å². The van der Waals surface area contributed by atoms with Crippen molar-refractivity contribution in [1.29, 1.82) is 0 Å². The van der Waals surface area contributed by atoms with Crippen LogP contribution in [0.5, 0.6) is 0 Å². The molecule has 0 bridgehead atoms.